The summed E-state index contributed by atoms with van der Waals surface area (Å²) in [7, 11) is 1.61. The zero-order chi connectivity index (χ0) is 25.6. The lowest BCUT2D eigenvalue weighted by Gasteiger charge is -2.18. The van der Waals surface area contributed by atoms with E-state index in [2.05, 4.69) is 16.0 Å². The van der Waals surface area contributed by atoms with E-state index in [1.165, 1.54) is 0 Å². The Hall–Kier alpha value is -4.34. The zero-order valence-corrected chi connectivity index (χ0v) is 20.8. The van der Waals surface area contributed by atoms with E-state index in [1.807, 2.05) is 84.9 Å². The Kier molecular flexibility index (Phi) is 7.34. The van der Waals surface area contributed by atoms with Gasteiger partial charge in [0.25, 0.3) is 0 Å². The van der Waals surface area contributed by atoms with Crippen molar-refractivity contribution in [2.24, 2.45) is 0 Å². The molecule has 0 spiro atoms. The van der Waals surface area contributed by atoms with E-state index in [0.29, 0.717) is 17.9 Å². The van der Waals surface area contributed by atoms with Crippen LogP contribution in [0.15, 0.2) is 84.9 Å². The third-order valence-corrected chi connectivity index (χ3v) is 6.68. The lowest BCUT2D eigenvalue weighted by atomic mass is 9.98. The van der Waals surface area contributed by atoms with E-state index in [9.17, 15) is 10.1 Å². The highest BCUT2D eigenvalue weighted by molar-refractivity contribution is 5.98. The molecule has 1 aliphatic heterocycles. The van der Waals surface area contributed by atoms with Gasteiger partial charge >= 0.3 is 0 Å². The minimum absolute atomic E-state index is 0.0160. The molecule has 4 aromatic rings. The molecule has 5 rings (SSSR count). The molecule has 1 aliphatic rings. The molecule has 1 N–H and O–H groups in total. The van der Waals surface area contributed by atoms with Crippen molar-refractivity contribution < 1.29 is 14.3 Å². The summed E-state index contributed by atoms with van der Waals surface area (Å²) >= 11 is 0. The Morgan fingerprint density at radius 2 is 1.70 bits per heavy atom. The van der Waals surface area contributed by atoms with E-state index < -0.39 is 0 Å². The van der Waals surface area contributed by atoms with Crippen molar-refractivity contribution in [3.05, 3.63) is 96.1 Å². The van der Waals surface area contributed by atoms with Crippen molar-refractivity contribution in [1.82, 2.24) is 4.57 Å². The molecule has 186 valence electrons. The lowest BCUT2D eigenvalue weighted by Crippen LogP contribution is -2.22. The number of carbonyl (C=O) groups excluding carboxylic acids is 1. The molecule has 3 aromatic carbocycles. The first-order valence-corrected chi connectivity index (χ1v) is 12.5. The van der Waals surface area contributed by atoms with Gasteiger partial charge < -0.3 is 19.4 Å². The quantitative estimate of drug-likeness (QED) is 0.325. The summed E-state index contributed by atoms with van der Waals surface area (Å²) in [4.78, 5) is 13.3. The monoisotopic (exact) mass is 491 g/mol. The number of aromatic nitrogens is 1. The van der Waals surface area contributed by atoms with Crippen LogP contribution in [0.3, 0.4) is 0 Å². The van der Waals surface area contributed by atoms with Gasteiger partial charge in [-0.25, -0.2) is 0 Å². The van der Waals surface area contributed by atoms with Crippen LogP contribution in [0.25, 0.3) is 22.4 Å². The second-order valence-electron chi connectivity index (χ2n) is 9.11. The molecule has 6 nitrogen and oxygen atoms in total. The van der Waals surface area contributed by atoms with Crippen LogP contribution in [0.1, 0.15) is 24.0 Å². The van der Waals surface area contributed by atoms with Crippen LogP contribution in [0, 0.1) is 11.3 Å². The van der Waals surface area contributed by atoms with Gasteiger partial charge in [-0.3, -0.25) is 4.79 Å². The number of hydrogen-bond donors (Lipinski definition) is 1. The Balaban J connectivity index is 1.62. The fourth-order valence-electron chi connectivity index (χ4n) is 4.92. The number of rotatable bonds is 8. The molecule has 1 saturated heterocycles. The van der Waals surface area contributed by atoms with Crippen molar-refractivity contribution in [2.75, 3.05) is 19.0 Å². The fraction of sp³-hybridized carbons (Fsp3) is 0.226. The summed E-state index contributed by atoms with van der Waals surface area (Å²) < 4.78 is 13.3. The lowest BCUT2D eigenvalue weighted by molar-refractivity contribution is -0.115. The highest BCUT2D eigenvalue weighted by atomic mass is 16.5. The van der Waals surface area contributed by atoms with Crippen LogP contribution >= 0.6 is 0 Å². The van der Waals surface area contributed by atoms with Gasteiger partial charge in [-0.05, 0) is 41.7 Å². The van der Waals surface area contributed by atoms with Crippen LogP contribution in [0.4, 0.5) is 5.82 Å². The molecular formula is C31H29N3O3. The second-order valence-corrected chi connectivity index (χ2v) is 9.11. The van der Waals surface area contributed by atoms with E-state index in [-0.39, 0.29) is 18.4 Å². The maximum absolute atomic E-state index is 13.3. The van der Waals surface area contributed by atoms with Gasteiger partial charge in [-0.1, -0.05) is 72.8 Å². The molecule has 1 fully saturated rings. The number of methoxy groups -OCH3 is 1. The van der Waals surface area contributed by atoms with Crippen LogP contribution in [-0.4, -0.2) is 30.3 Å². The van der Waals surface area contributed by atoms with E-state index >= 15 is 0 Å². The van der Waals surface area contributed by atoms with Crippen LogP contribution < -0.4 is 10.1 Å². The van der Waals surface area contributed by atoms with Crippen molar-refractivity contribution in [3.63, 3.8) is 0 Å². The molecule has 1 amide bonds. The number of anilines is 1. The number of benzene rings is 3. The smallest absolute Gasteiger partial charge is 0.229 e. The fourth-order valence-corrected chi connectivity index (χ4v) is 4.92. The van der Waals surface area contributed by atoms with Crippen molar-refractivity contribution >= 4 is 11.7 Å². The van der Waals surface area contributed by atoms with Crippen LogP contribution in [0.2, 0.25) is 0 Å². The first kappa shape index (κ1) is 24.4. The first-order chi connectivity index (χ1) is 18.2. The molecule has 0 saturated carbocycles. The largest absolute Gasteiger partial charge is 0.497 e. The average molecular weight is 492 g/mol. The molecule has 0 radical (unpaired) electrons. The molecule has 0 unspecified atom stereocenters. The SMILES string of the molecule is COc1ccc(CC(=O)Nc2c(C#N)c(-c3ccccc3)c(-c3ccccc3)n2C[C@H]2CCCO2)cc1. The Labute approximate surface area is 217 Å². The van der Waals surface area contributed by atoms with Gasteiger partial charge in [0.2, 0.25) is 5.91 Å². The molecule has 0 bridgehead atoms. The second kappa shape index (κ2) is 11.2. The van der Waals surface area contributed by atoms with Gasteiger partial charge in [0.15, 0.2) is 0 Å². The molecule has 1 aromatic heterocycles. The maximum atomic E-state index is 13.3. The topological polar surface area (TPSA) is 76.3 Å². The Bertz CT molecular complexity index is 1400. The number of nitrogens with one attached hydrogen (secondary N) is 1. The number of nitrogens with zero attached hydrogens (tertiary/aromatic N) is 2. The van der Waals surface area contributed by atoms with Gasteiger partial charge in [-0.2, -0.15) is 5.26 Å². The number of ether oxygens (including phenoxy) is 2. The standard InChI is InChI=1S/C31H29N3O3/c1-36-25-16-14-22(15-17-25)19-28(35)33-31-27(20-32)29(23-9-4-2-5-10-23)30(24-11-6-3-7-12-24)34(31)21-26-13-8-18-37-26/h2-7,9-12,14-17,26H,8,13,18-19,21H2,1H3,(H,33,35)/t26-/m1/s1. The van der Waals surface area contributed by atoms with Crippen LogP contribution in [-0.2, 0) is 22.5 Å². The minimum Gasteiger partial charge on any atom is -0.497 e. The summed E-state index contributed by atoms with van der Waals surface area (Å²) in [5, 5.41) is 13.5. The predicted molar refractivity (Wildman–Crippen MR) is 144 cm³/mol. The summed E-state index contributed by atoms with van der Waals surface area (Å²) in [5.74, 6) is 1.06. The predicted octanol–water partition coefficient (Wildman–Crippen LogP) is 6.06. The van der Waals surface area contributed by atoms with Gasteiger partial charge in [0, 0.05) is 12.2 Å². The van der Waals surface area contributed by atoms with Gasteiger partial charge in [0.05, 0.1) is 31.9 Å². The molecule has 1 atom stereocenters. The van der Waals surface area contributed by atoms with E-state index in [1.54, 1.807) is 7.11 Å². The normalized spacial score (nSPS) is 14.8. The van der Waals surface area contributed by atoms with E-state index in [4.69, 9.17) is 9.47 Å². The number of hydrogen-bond acceptors (Lipinski definition) is 4. The highest BCUT2D eigenvalue weighted by Gasteiger charge is 2.28. The summed E-state index contributed by atoms with van der Waals surface area (Å²) in [6.45, 7) is 1.27. The highest BCUT2D eigenvalue weighted by Crippen LogP contribution is 2.42. The van der Waals surface area contributed by atoms with Gasteiger partial charge in [0.1, 0.15) is 23.2 Å². The Morgan fingerprint density at radius 3 is 2.30 bits per heavy atom. The molecule has 6 heteroatoms. The summed E-state index contributed by atoms with van der Waals surface area (Å²) in [6.07, 6.45) is 2.14. The third kappa shape index (κ3) is 5.28. The molecular weight excluding hydrogens is 462 g/mol. The van der Waals surface area contributed by atoms with Crippen molar-refractivity contribution in [2.45, 2.75) is 31.9 Å². The molecule has 37 heavy (non-hydrogen) atoms. The molecule has 0 aliphatic carbocycles. The van der Waals surface area contributed by atoms with Gasteiger partial charge in [-0.15, -0.1) is 0 Å². The first-order valence-electron chi connectivity index (χ1n) is 12.5. The van der Waals surface area contributed by atoms with Crippen LogP contribution in [0.5, 0.6) is 5.75 Å². The Morgan fingerprint density at radius 1 is 1.03 bits per heavy atom. The van der Waals surface area contributed by atoms with Crippen molar-refractivity contribution in [3.8, 4) is 34.2 Å². The molecule has 2 heterocycles. The third-order valence-electron chi connectivity index (χ3n) is 6.68. The van der Waals surface area contributed by atoms with E-state index in [0.717, 1.165) is 53.1 Å². The number of nitriles is 1. The summed E-state index contributed by atoms with van der Waals surface area (Å²) in [5.41, 5.74) is 4.93. The zero-order valence-electron chi connectivity index (χ0n) is 20.8. The summed E-state index contributed by atoms with van der Waals surface area (Å²) in [6, 6.07) is 29.7. The minimum atomic E-state index is -0.188. The maximum Gasteiger partial charge on any atom is 0.229 e. The number of carbonyl (C=O) groups is 1. The number of amides is 1. The van der Waals surface area contributed by atoms with Crippen molar-refractivity contribution in [1.29, 1.82) is 5.26 Å². The average Bonchev–Trinajstić information content (AvgIpc) is 3.56.